The molecule has 1 aliphatic rings. The van der Waals surface area contributed by atoms with Crippen molar-refractivity contribution in [2.75, 3.05) is 6.54 Å². The predicted octanol–water partition coefficient (Wildman–Crippen LogP) is 1.21. The summed E-state index contributed by atoms with van der Waals surface area (Å²) < 4.78 is 25.0. The lowest BCUT2D eigenvalue weighted by atomic mass is 10.0. The highest BCUT2D eigenvalue weighted by Crippen LogP contribution is 2.15. The van der Waals surface area contributed by atoms with Gasteiger partial charge in [-0.05, 0) is 12.5 Å². The predicted molar refractivity (Wildman–Crippen MR) is 69.3 cm³/mol. The van der Waals surface area contributed by atoms with E-state index in [0.717, 1.165) is 10.5 Å². The second kappa shape index (κ2) is 5.98. The molecule has 2 unspecified atom stereocenters. The molecule has 1 saturated heterocycles. The van der Waals surface area contributed by atoms with Crippen LogP contribution in [-0.2, 0) is 16.0 Å². The lowest BCUT2D eigenvalue weighted by molar-refractivity contribution is -0.150. The van der Waals surface area contributed by atoms with Crippen molar-refractivity contribution in [2.24, 2.45) is 0 Å². The summed E-state index contributed by atoms with van der Waals surface area (Å²) in [4.78, 5) is 24.9. The van der Waals surface area contributed by atoms with E-state index in [1.165, 1.54) is 6.92 Å². The molecular formula is C14H16F2N2O2. The average Bonchev–Trinajstić information content (AvgIpc) is 2.42. The molecule has 2 amide bonds. The van der Waals surface area contributed by atoms with Gasteiger partial charge in [-0.2, -0.15) is 0 Å². The van der Waals surface area contributed by atoms with Crippen molar-refractivity contribution in [1.29, 1.82) is 0 Å². The van der Waals surface area contributed by atoms with E-state index in [4.69, 9.17) is 0 Å². The molecule has 1 heterocycles. The van der Waals surface area contributed by atoms with Crippen molar-refractivity contribution in [1.82, 2.24) is 10.2 Å². The highest BCUT2D eigenvalue weighted by Gasteiger charge is 2.38. The summed E-state index contributed by atoms with van der Waals surface area (Å²) in [7, 11) is 0. The number of alkyl halides is 2. The highest BCUT2D eigenvalue weighted by atomic mass is 19.3. The van der Waals surface area contributed by atoms with Gasteiger partial charge in [0.25, 0.3) is 6.43 Å². The van der Waals surface area contributed by atoms with Crippen molar-refractivity contribution in [3.05, 3.63) is 35.9 Å². The fraction of sp³-hybridized carbons (Fsp3) is 0.429. The normalized spacial score (nSPS) is 23.1. The maximum Gasteiger partial charge on any atom is 0.255 e. The third kappa shape index (κ3) is 3.12. The van der Waals surface area contributed by atoms with Gasteiger partial charge in [0, 0.05) is 6.42 Å². The smallest absolute Gasteiger partial charge is 0.255 e. The van der Waals surface area contributed by atoms with Gasteiger partial charge in [-0.3, -0.25) is 9.59 Å². The molecule has 1 aromatic carbocycles. The molecule has 2 atom stereocenters. The van der Waals surface area contributed by atoms with Crippen molar-refractivity contribution >= 4 is 11.8 Å². The van der Waals surface area contributed by atoms with Gasteiger partial charge in [-0.25, -0.2) is 8.78 Å². The molecule has 0 spiro atoms. The first-order valence-corrected chi connectivity index (χ1v) is 6.42. The quantitative estimate of drug-likeness (QED) is 0.902. The van der Waals surface area contributed by atoms with Crippen LogP contribution in [0, 0.1) is 0 Å². The molecule has 0 aliphatic carbocycles. The number of nitrogens with one attached hydrogen (secondary N) is 1. The van der Waals surface area contributed by atoms with Gasteiger partial charge < -0.3 is 10.2 Å². The minimum absolute atomic E-state index is 0.303. The Balaban J connectivity index is 2.13. The SMILES string of the molecule is CC1C(=O)NC(Cc2ccccc2)C(=O)N1CC(F)F. The van der Waals surface area contributed by atoms with Crippen LogP contribution in [0.5, 0.6) is 0 Å². The Labute approximate surface area is 115 Å². The van der Waals surface area contributed by atoms with Crippen LogP contribution in [0.4, 0.5) is 8.78 Å². The van der Waals surface area contributed by atoms with E-state index in [9.17, 15) is 18.4 Å². The van der Waals surface area contributed by atoms with Gasteiger partial charge in [0.1, 0.15) is 12.1 Å². The Bertz CT molecular complexity index is 493. The summed E-state index contributed by atoms with van der Waals surface area (Å²) in [5.74, 6) is -0.854. The van der Waals surface area contributed by atoms with E-state index in [-0.39, 0.29) is 0 Å². The van der Waals surface area contributed by atoms with Crippen LogP contribution in [0.3, 0.4) is 0 Å². The third-order valence-electron chi connectivity index (χ3n) is 3.36. The largest absolute Gasteiger partial charge is 0.342 e. The molecule has 108 valence electrons. The first-order chi connectivity index (χ1) is 9.49. The van der Waals surface area contributed by atoms with Gasteiger partial charge in [-0.15, -0.1) is 0 Å². The van der Waals surface area contributed by atoms with E-state index in [2.05, 4.69) is 5.32 Å². The number of hydrogen-bond acceptors (Lipinski definition) is 2. The maximum atomic E-state index is 12.5. The lowest BCUT2D eigenvalue weighted by Crippen LogP contribution is -2.63. The van der Waals surface area contributed by atoms with Crippen molar-refractivity contribution in [2.45, 2.75) is 31.9 Å². The lowest BCUT2D eigenvalue weighted by Gasteiger charge is -2.37. The third-order valence-corrected chi connectivity index (χ3v) is 3.36. The number of piperazine rings is 1. The first kappa shape index (κ1) is 14.4. The second-order valence-electron chi connectivity index (χ2n) is 4.81. The number of amides is 2. The zero-order chi connectivity index (χ0) is 14.7. The Kier molecular flexibility index (Phi) is 4.32. The molecule has 1 N–H and O–H groups in total. The Morgan fingerprint density at radius 2 is 1.90 bits per heavy atom. The number of carbonyl (C=O) groups is 2. The van der Waals surface area contributed by atoms with Crippen molar-refractivity contribution in [3.63, 3.8) is 0 Å². The second-order valence-corrected chi connectivity index (χ2v) is 4.81. The van der Waals surface area contributed by atoms with E-state index in [0.29, 0.717) is 6.42 Å². The summed E-state index contributed by atoms with van der Waals surface area (Å²) in [6, 6.07) is 7.51. The van der Waals surface area contributed by atoms with Gasteiger partial charge in [0.05, 0.1) is 6.54 Å². The average molecular weight is 282 g/mol. The molecule has 1 aliphatic heterocycles. The number of carbonyl (C=O) groups excluding carboxylic acids is 2. The summed E-state index contributed by atoms with van der Waals surface area (Å²) >= 11 is 0. The molecule has 0 aromatic heterocycles. The number of hydrogen-bond donors (Lipinski definition) is 1. The molecular weight excluding hydrogens is 266 g/mol. The summed E-state index contributed by atoms with van der Waals surface area (Å²) in [5.41, 5.74) is 0.873. The van der Waals surface area contributed by atoms with E-state index >= 15 is 0 Å². The fourth-order valence-electron chi connectivity index (χ4n) is 2.27. The number of benzene rings is 1. The fourth-order valence-corrected chi connectivity index (χ4v) is 2.27. The van der Waals surface area contributed by atoms with Gasteiger partial charge in [0.2, 0.25) is 11.8 Å². The molecule has 4 nitrogen and oxygen atoms in total. The van der Waals surface area contributed by atoms with Crippen LogP contribution in [0.1, 0.15) is 12.5 Å². The standard InChI is InChI=1S/C14H16F2N2O2/c1-9-13(19)17-11(7-10-5-3-2-4-6-10)14(20)18(9)8-12(15)16/h2-6,9,11-12H,7-8H2,1H3,(H,17,19). The molecule has 6 heteroatoms. The van der Waals surface area contributed by atoms with Crippen molar-refractivity contribution < 1.29 is 18.4 Å². The highest BCUT2D eigenvalue weighted by molar-refractivity contribution is 5.96. The zero-order valence-electron chi connectivity index (χ0n) is 11.1. The van der Waals surface area contributed by atoms with Crippen LogP contribution in [0.2, 0.25) is 0 Å². The Morgan fingerprint density at radius 1 is 1.25 bits per heavy atom. The number of rotatable bonds is 4. The number of nitrogens with zero attached hydrogens (tertiary/aromatic N) is 1. The molecule has 1 fully saturated rings. The summed E-state index contributed by atoms with van der Waals surface area (Å²) in [6.07, 6.45) is -2.35. The first-order valence-electron chi connectivity index (χ1n) is 6.42. The monoisotopic (exact) mass is 282 g/mol. The minimum Gasteiger partial charge on any atom is -0.342 e. The van der Waals surface area contributed by atoms with Crippen LogP contribution in [-0.4, -0.2) is 41.8 Å². The topological polar surface area (TPSA) is 49.4 Å². The maximum absolute atomic E-state index is 12.5. The van der Waals surface area contributed by atoms with E-state index in [1.807, 2.05) is 30.3 Å². The number of halogens is 2. The summed E-state index contributed by atoms with van der Waals surface area (Å²) in [5, 5.41) is 2.59. The zero-order valence-corrected chi connectivity index (χ0v) is 11.1. The molecule has 0 bridgehead atoms. The summed E-state index contributed by atoms with van der Waals surface area (Å²) in [6.45, 7) is 0.743. The Morgan fingerprint density at radius 3 is 2.50 bits per heavy atom. The van der Waals surface area contributed by atoms with Gasteiger partial charge >= 0.3 is 0 Å². The van der Waals surface area contributed by atoms with E-state index in [1.54, 1.807) is 0 Å². The Hall–Kier alpha value is -1.98. The molecule has 2 rings (SSSR count). The minimum atomic E-state index is -2.65. The van der Waals surface area contributed by atoms with Crippen LogP contribution >= 0.6 is 0 Å². The van der Waals surface area contributed by atoms with Gasteiger partial charge in [-0.1, -0.05) is 30.3 Å². The molecule has 0 radical (unpaired) electrons. The van der Waals surface area contributed by atoms with Crippen LogP contribution in [0.25, 0.3) is 0 Å². The van der Waals surface area contributed by atoms with Crippen LogP contribution in [0.15, 0.2) is 30.3 Å². The van der Waals surface area contributed by atoms with Crippen LogP contribution < -0.4 is 5.32 Å². The van der Waals surface area contributed by atoms with Crippen molar-refractivity contribution in [3.8, 4) is 0 Å². The van der Waals surface area contributed by atoms with Gasteiger partial charge in [0.15, 0.2) is 0 Å². The van der Waals surface area contributed by atoms with E-state index < -0.39 is 36.9 Å². The molecule has 0 saturated carbocycles. The molecule has 1 aromatic rings. The molecule has 20 heavy (non-hydrogen) atoms.